The van der Waals surface area contributed by atoms with Crippen molar-refractivity contribution in [3.63, 3.8) is 0 Å². The van der Waals surface area contributed by atoms with Crippen LogP contribution in [-0.4, -0.2) is 56.6 Å². The summed E-state index contributed by atoms with van der Waals surface area (Å²) in [6.07, 6.45) is 43.9. The second kappa shape index (κ2) is 38.5. The van der Waals surface area contributed by atoms with E-state index in [1.807, 2.05) is 0 Å². The Balaban J connectivity index is 0. The lowest BCUT2D eigenvalue weighted by molar-refractivity contribution is -0.887. The molecule has 0 aromatic rings. The zero-order valence-electron chi connectivity index (χ0n) is 32.6. The topological polar surface area (TPSA) is 58.2 Å². The number of halogens is 1. The summed E-state index contributed by atoms with van der Waals surface area (Å²) in [4.78, 5) is 24.5. The highest BCUT2D eigenvalue weighted by molar-refractivity contribution is 5.76. The fraction of sp³-hybridized carbons (Fsp3) is 0.857. The van der Waals surface area contributed by atoms with Gasteiger partial charge in [-0.15, -0.1) is 0 Å². The maximum absolute atomic E-state index is 12.3. The van der Waals surface area contributed by atoms with Crippen LogP contribution in [0.25, 0.3) is 0 Å². The Kier molecular flexibility index (Phi) is 39.1. The smallest absolute Gasteiger partial charge is 0.220 e. The molecule has 0 fully saturated rings. The lowest BCUT2D eigenvalue weighted by Gasteiger charge is -2.30. The summed E-state index contributed by atoms with van der Waals surface area (Å²) < 4.78 is 0.793. The molecule has 0 radical (unpaired) electrons. The van der Waals surface area contributed by atoms with Crippen molar-refractivity contribution in [2.45, 2.75) is 194 Å². The van der Waals surface area contributed by atoms with Crippen molar-refractivity contribution in [1.82, 2.24) is 10.6 Å². The van der Waals surface area contributed by atoms with Crippen LogP contribution < -0.4 is 23.0 Å². The zero-order chi connectivity index (χ0) is 34.5. The van der Waals surface area contributed by atoms with Gasteiger partial charge < -0.3 is 27.5 Å². The third-order valence-corrected chi connectivity index (χ3v) is 9.41. The number of nitrogens with one attached hydrogen (secondary N) is 2. The third kappa shape index (κ3) is 39.1. The predicted molar refractivity (Wildman–Crippen MR) is 207 cm³/mol. The van der Waals surface area contributed by atoms with Crippen LogP contribution in [0.3, 0.4) is 0 Å². The SMILES string of the molecule is CCCCCCCCC=CCCCCCCCC(=O)NCC[N+](C)(C)CCNC(=O)CCCCCCCC=CCCCCCCCC.[Cl-]. The van der Waals surface area contributed by atoms with Crippen LogP contribution in [0.2, 0.25) is 0 Å². The molecule has 0 aliphatic rings. The van der Waals surface area contributed by atoms with Gasteiger partial charge in [-0.2, -0.15) is 0 Å². The molecule has 0 aromatic carbocycles. The number of amides is 2. The number of allylic oxidation sites excluding steroid dienone is 4. The third-order valence-electron chi connectivity index (χ3n) is 9.41. The number of carbonyl (C=O) groups excluding carboxylic acids is 2. The molecule has 48 heavy (non-hydrogen) atoms. The fourth-order valence-electron chi connectivity index (χ4n) is 6.00. The molecule has 0 saturated heterocycles. The predicted octanol–water partition coefficient (Wildman–Crippen LogP) is 8.37. The van der Waals surface area contributed by atoms with Crippen LogP contribution in [0.1, 0.15) is 194 Å². The largest absolute Gasteiger partial charge is 1.00 e. The van der Waals surface area contributed by atoms with Gasteiger partial charge in [0.2, 0.25) is 11.8 Å². The summed E-state index contributed by atoms with van der Waals surface area (Å²) in [6, 6.07) is 0. The summed E-state index contributed by atoms with van der Waals surface area (Å²) in [7, 11) is 4.35. The van der Waals surface area contributed by atoms with E-state index in [1.54, 1.807) is 0 Å². The minimum Gasteiger partial charge on any atom is -1.00 e. The summed E-state index contributed by atoms with van der Waals surface area (Å²) in [5.41, 5.74) is 0. The first-order valence-corrected chi connectivity index (χ1v) is 20.6. The van der Waals surface area contributed by atoms with E-state index < -0.39 is 0 Å². The van der Waals surface area contributed by atoms with Crippen molar-refractivity contribution < 1.29 is 26.5 Å². The van der Waals surface area contributed by atoms with Crippen molar-refractivity contribution in [3.05, 3.63) is 24.3 Å². The Labute approximate surface area is 306 Å². The molecule has 0 aliphatic heterocycles. The molecule has 0 atom stereocenters. The van der Waals surface area contributed by atoms with E-state index in [0.717, 1.165) is 43.3 Å². The number of likely N-dealkylation sites (N-methyl/N-ethyl adjacent to an activating group) is 1. The van der Waals surface area contributed by atoms with E-state index in [1.165, 1.54) is 141 Å². The maximum atomic E-state index is 12.3. The van der Waals surface area contributed by atoms with Gasteiger partial charge in [-0.25, -0.2) is 0 Å². The Morgan fingerprint density at radius 1 is 0.438 bits per heavy atom. The number of hydrogen-bond donors (Lipinski definition) is 2. The molecule has 0 unspecified atom stereocenters. The molecular formula is C42H82ClN3O2. The van der Waals surface area contributed by atoms with Gasteiger partial charge in [0.25, 0.3) is 0 Å². The lowest BCUT2D eigenvalue weighted by Crippen LogP contribution is -3.00. The van der Waals surface area contributed by atoms with Gasteiger partial charge in [-0.3, -0.25) is 9.59 Å². The van der Waals surface area contributed by atoms with E-state index in [2.05, 4.69) is 62.9 Å². The number of unbranched alkanes of at least 4 members (excludes halogenated alkanes) is 22. The van der Waals surface area contributed by atoms with Gasteiger partial charge in [0, 0.05) is 12.8 Å². The van der Waals surface area contributed by atoms with Crippen LogP contribution in [0, 0.1) is 0 Å². The second-order valence-electron chi connectivity index (χ2n) is 14.8. The molecule has 0 heterocycles. The van der Waals surface area contributed by atoms with Crippen molar-refractivity contribution in [2.75, 3.05) is 40.3 Å². The first kappa shape index (κ1) is 48.8. The average Bonchev–Trinajstić information content (AvgIpc) is 3.04. The van der Waals surface area contributed by atoms with Crippen LogP contribution in [-0.2, 0) is 9.59 Å². The maximum Gasteiger partial charge on any atom is 0.220 e. The van der Waals surface area contributed by atoms with E-state index >= 15 is 0 Å². The molecular weight excluding hydrogens is 614 g/mol. The highest BCUT2D eigenvalue weighted by Crippen LogP contribution is 2.11. The summed E-state index contributed by atoms with van der Waals surface area (Å²) in [5, 5.41) is 6.21. The minimum atomic E-state index is 0. The number of nitrogens with zero attached hydrogens (tertiary/aromatic N) is 1. The van der Waals surface area contributed by atoms with Crippen molar-refractivity contribution in [2.24, 2.45) is 0 Å². The minimum absolute atomic E-state index is 0. The molecule has 0 aliphatic carbocycles. The van der Waals surface area contributed by atoms with Gasteiger partial charge in [0.05, 0.1) is 40.3 Å². The van der Waals surface area contributed by atoms with Crippen molar-refractivity contribution in [3.8, 4) is 0 Å². The first-order chi connectivity index (χ1) is 22.9. The van der Waals surface area contributed by atoms with Gasteiger partial charge in [-0.1, -0.05) is 141 Å². The number of quaternary nitrogens is 1. The molecule has 6 heteroatoms. The number of hydrogen-bond acceptors (Lipinski definition) is 2. The second-order valence-corrected chi connectivity index (χ2v) is 14.8. The average molecular weight is 697 g/mol. The Morgan fingerprint density at radius 2 is 0.708 bits per heavy atom. The monoisotopic (exact) mass is 696 g/mol. The highest BCUT2D eigenvalue weighted by Gasteiger charge is 2.15. The highest BCUT2D eigenvalue weighted by atomic mass is 35.5. The fourth-order valence-corrected chi connectivity index (χ4v) is 6.00. The van der Waals surface area contributed by atoms with E-state index in [9.17, 15) is 9.59 Å². The Morgan fingerprint density at radius 3 is 1.02 bits per heavy atom. The molecule has 2 amide bonds. The summed E-state index contributed by atoms with van der Waals surface area (Å²) in [5.74, 6) is 0.354. The van der Waals surface area contributed by atoms with E-state index in [4.69, 9.17) is 0 Å². The quantitative estimate of drug-likeness (QED) is 0.0393. The molecule has 5 nitrogen and oxygen atoms in total. The molecule has 0 saturated carbocycles. The van der Waals surface area contributed by atoms with Crippen molar-refractivity contribution >= 4 is 11.8 Å². The van der Waals surface area contributed by atoms with E-state index in [0.29, 0.717) is 25.9 Å². The van der Waals surface area contributed by atoms with Gasteiger partial charge >= 0.3 is 0 Å². The van der Waals surface area contributed by atoms with Gasteiger partial charge in [0.15, 0.2) is 0 Å². The molecule has 0 bridgehead atoms. The Hall–Kier alpha value is -1.33. The number of rotatable bonds is 36. The van der Waals surface area contributed by atoms with Crippen LogP contribution >= 0.6 is 0 Å². The first-order valence-electron chi connectivity index (χ1n) is 20.6. The lowest BCUT2D eigenvalue weighted by atomic mass is 10.1. The van der Waals surface area contributed by atoms with Crippen LogP contribution in [0.15, 0.2) is 24.3 Å². The normalized spacial score (nSPS) is 11.8. The molecule has 0 spiro atoms. The molecule has 0 aromatic heterocycles. The Bertz CT molecular complexity index is 693. The van der Waals surface area contributed by atoms with Crippen LogP contribution in [0.5, 0.6) is 0 Å². The standard InChI is InChI=1S/C42H81N3O2.ClH/c1-5-7-9-11-13-15-17-19-21-23-25-27-29-31-33-35-41(46)43-37-39-45(3,4)40-38-44-42(47)36-34-32-30-28-26-24-22-20-18-16-14-12-10-8-6-2;/h19-22H,5-18,23-40H2,1-4H3,(H-,43,44,46,47);1H. The van der Waals surface area contributed by atoms with Gasteiger partial charge in [-0.05, 0) is 64.2 Å². The summed E-state index contributed by atoms with van der Waals surface area (Å²) in [6.45, 7) is 7.69. The van der Waals surface area contributed by atoms with Gasteiger partial charge in [0.1, 0.15) is 0 Å². The molecule has 2 N–H and O–H groups in total. The molecule has 284 valence electrons. The van der Waals surface area contributed by atoms with Crippen molar-refractivity contribution in [1.29, 1.82) is 0 Å². The number of carbonyl (C=O) groups is 2. The summed E-state index contributed by atoms with van der Waals surface area (Å²) >= 11 is 0. The molecule has 0 rings (SSSR count). The zero-order valence-corrected chi connectivity index (χ0v) is 33.3. The van der Waals surface area contributed by atoms with E-state index in [-0.39, 0.29) is 24.2 Å². The van der Waals surface area contributed by atoms with Crippen LogP contribution in [0.4, 0.5) is 0 Å².